The van der Waals surface area contributed by atoms with Crippen LogP contribution in [0.1, 0.15) is 5.56 Å². The largest absolute Gasteiger partial charge is 0.399 e. The van der Waals surface area contributed by atoms with E-state index in [9.17, 15) is 0 Å². The molecule has 20 heavy (non-hydrogen) atoms. The van der Waals surface area contributed by atoms with Gasteiger partial charge in [0.2, 0.25) is 5.82 Å². The van der Waals surface area contributed by atoms with E-state index in [-0.39, 0.29) is 0 Å². The Morgan fingerprint density at radius 1 is 1.20 bits per heavy atom. The van der Waals surface area contributed by atoms with Gasteiger partial charge in [0, 0.05) is 21.9 Å². The van der Waals surface area contributed by atoms with Gasteiger partial charge in [0.05, 0.1) is 0 Å². The molecule has 3 rings (SSSR count). The molecule has 2 N–H and O–H groups in total. The van der Waals surface area contributed by atoms with E-state index in [4.69, 9.17) is 10.3 Å². The van der Waals surface area contributed by atoms with Gasteiger partial charge in [-0.05, 0) is 52.7 Å². The molecule has 0 unspecified atom stereocenters. The van der Waals surface area contributed by atoms with Crippen LogP contribution in [0.15, 0.2) is 45.5 Å². The summed E-state index contributed by atoms with van der Waals surface area (Å²) in [6, 6.07) is 9.29. The van der Waals surface area contributed by atoms with Gasteiger partial charge in [0.15, 0.2) is 0 Å². The quantitative estimate of drug-likeness (QED) is 0.728. The summed E-state index contributed by atoms with van der Waals surface area (Å²) in [6.45, 7) is 1.97. The lowest BCUT2D eigenvalue weighted by molar-refractivity contribution is 0.432. The third-order valence-corrected chi connectivity index (χ3v) is 3.34. The number of hydrogen-bond donors (Lipinski definition) is 1. The number of nitrogens with two attached hydrogens (primary N) is 1. The van der Waals surface area contributed by atoms with Crippen molar-refractivity contribution in [3.8, 4) is 23.0 Å². The van der Waals surface area contributed by atoms with E-state index in [1.165, 1.54) is 0 Å². The second-order valence-corrected chi connectivity index (χ2v) is 5.27. The maximum Gasteiger partial charge on any atom is 0.258 e. The molecule has 2 heterocycles. The molecule has 0 aliphatic rings. The first-order valence-corrected chi connectivity index (χ1v) is 6.75. The lowest BCUT2D eigenvalue weighted by Crippen LogP contribution is -1.89. The van der Waals surface area contributed by atoms with Crippen molar-refractivity contribution >= 4 is 21.6 Å². The van der Waals surface area contributed by atoms with Gasteiger partial charge in [-0.3, -0.25) is 4.98 Å². The van der Waals surface area contributed by atoms with Gasteiger partial charge >= 0.3 is 0 Å². The summed E-state index contributed by atoms with van der Waals surface area (Å²) >= 11 is 3.34. The summed E-state index contributed by atoms with van der Waals surface area (Å²) in [5.41, 5.74) is 8.97. The fraction of sp³-hybridized carbons (Fsp3) is 0.0714. The van der Waals surface area contributed by atoms with Crippen LogP contribution in [0.25, 0.3) is 23.0 Å². The highest BCUT2D eigenvalue weighted by atomic mass is 79.9. The van der Waals surface area contributed by atoms with E-state index >= 15 is 0 Å². The number of halogens is 1. The van der Waals surface area contributed by atoms with Crippen molar-refractivity contribution in [1.82, 2.24) is 15.1 Å². The zero-order chi connectivity index (χ0) is 14.1. The molecule has 3 aromatic rings. The molecule has 0 fully saturated rings. The van der Waals surface area contributed by atoms with Crippen molar-refractivity contribution < 1.29 is 4.52 Å². The molecule has 0 radical (unpaired) electrons. The number of nitrogens with zero attached hydrogens (tertiary/aromatic N) is 3. The number of aromatic nitrogens is 3. The third-order valence-electron chi connectivity index (χ3n) is 2.87. The lowest BCUT2D eigenvalue weighted by atomic mass is 10.1. The fourth-order valence-corrected chi connectivity index (χ4v) is 2.05. The van der Waals surface area contributed by atoms with E-state index in [1.807, 2.05) is 37.3 Å². The van der Waals surface area contributed by atoms with Crippen LogP contribution in [0.5, 0.6) is 0 Å². The fourth-order valence-electron chi connectivity index (χ4n) is 1.82. The minimum absolute atomic E-state index is 0.439. The topological polar surface area (TPSA) is 77.8 Å². The Balaban J connectivity index is 2.01. The Morgan fingerprint density at radius 3 is 2.80 bits per heavy atom. The first kappa shape index (κ1) is 12.8. The predicted octanol–water partition coefficient (Wildman–Crippen LogP) is 3.45. The molecule has 0 saturated carbocycles. The van der Waals surface area contributed by atoms with Gasteiger partial charge in [0.25, 0.3) is 5.89 Å². The molecule has 0 saturated heterocycles. The molecule has 0 atom stereocenters. The summed E-state index contributed by atoms with van der Waals surface area (Å²) in [7, 11) is 0. The number of pyridine rings is 1. The molecule has 0 amide bonds. The Hall–Kier alpha value is -2.21. The highest BCUT2D eigenvalue weighted by molar-refractivity contribution is 9.10. The van der Waals surface area contributed by atoms with Crippen molar-refractivity contribution in [3.63, 3.8) is 0 Å². The minimum Gasteiger partial charge on any atom is -0.399 e. The van der Waals surface area contributed by atoms with Gasteiger partial charge in [-0.2, -0.15) is 4.98 Å². The molecular weight excluding hydrogens is 320 g/mol. The number of anilines is 1. The Labute approximate surface area is 124 Å². The van der Waals surface area contributed by atoms with Gasteiger partial charge in [-0.1, -0.05) is 11.2 Å². The zero-order valence-corrected chi connectivity index (χ0v) is 12.3. The van der Waals surface area contributed by atoms with Crippen LogP contribution in [-0.4, -0.2) is 15.1 Å². The van der Waals surface area contributed by atoms with Crippen LogP contribution in [-0.2, 0) is 0 Å². The highest BCUT2D eigenvalue weighted by Crippen LogP contribution is 2.26. The lowest BCUT2D eigenvalue weighted by Gasteiger charge is -2.01. The number of hydrogen-bond acceptors (Lipinski definition) is 5. The van der Waals surface area contributed by atoms with E-state index < -0.39 is 0 Å². The van der Waals surface area contributed by atoms with Crippen LogP contribution in [0.3, 0.4) is 0 Å². The summed E-state index contributed by atoms with van der Waals surface area (Å²) in [5, 5.41) is 3.96. The monoisotopic (exact) mass is 330 g/mol. The van der Waals surface area contributed by atoms with Gasteiger partial charge < -0.3 is 10.3 Å². The zero-order valence-electron chi connectivity index (χ0n) is 10.7. The van der Waals surface area contributed by atoms with E-state index in [1.54, 1.807) is 6.20 Å². The van der Waals surface area contributed by atoms with Crippen molar-refractivity contribution in [2.45, 2.75) is 6.92 Å². The summed E-state index contributed by atoms with van der Waals surface area (Å²) in [4.78, 5) is 8.61. The predicted molar refractivity (Wildman–Crippen MR) is 79.8 cm³/mol. The van der Waals surface area contributed by atoms with Gasteiger partial charge in [-0.25, -0.2) is 0 Å². The summed E-state index contributed by atoms with van der Waals surface area (Å²) in [6.07, 6.45) is 1.69. The SMILES string of the molecule is Cc1ccc(N)cc1-c1nc(-c2ccc(Br)cn2)no1. The molecule has 0 aliphatic heterocycles. The first-order valence-electron chi connectivity index (χ1n) is 5.95. The van der Waals surface area contributed by atoms with Crippen LogP contribution in [0.2, 0.25) is 0 Å². The first-order chi connectivity index (χ1) is 9.63. The Kier molecular flexibility index (Phi) is 3.23. The van der Waals surface area contributed by atoms with Gasteiger partial charge in [0.1, 0.15) is 5.69 Å². The molecule has 1 aromatic carbocycles. The van der Waals surface area contributed by atoms with Gasteiger partial charge in [-0.15, -0.1) is 0 Å². The van der Waals surface area contributed by atoms with Crippen molar-refractivity contribution in [2.24, 2.45) is 0 Å². The minimum atomic E-state index is 0.439. The molecule has 6 heteroatoms. The van der Waals surface area contributed by atoms with Crippen molar-refractivity contribution in [2.75, 3.05) is 5.73 Å². The Morgan fingerprint density at radius 2 is 2.05 bits per heavy atom. The van der Waals surface area contributed by atoms with Crippen LogP contribution in [0, 0.1) is 6.92 Å². The number of rotatable bonds is 2. The molecule has 0 bridgehead atoms. The van der Waals surface area contributed by atoms with E-state index in [0.717, 1.165) is 15.6 Å². The van der Waals surface area contributed by atoms with Crippen LogP contribution >= 0.6 is 15.9 Å². The second kappa shape index (κ2) is 5.05. The second-order valence-electron chi connectivity index (χ2n) is 4.36. The third kappa shape index (κ3) is 2.42. The molecule has 2 aromatic heterocycles. The maximum atomic E-state index is 5.79. The molecule has 5 nitrogen and oxygen atoms in total. The smallest absolute Gasteiger partial charge is 0.258 e. The molecule has 0 spiro atoms. The van der Waals surface area contributed by atoms with Crippen LogP contribution < -0.4 is 5.73 Å². The number of nitrogen functional groups attached to an aromatic ring is 1. The molecule has 100 valence electrons. The highest BCUT2D eigenvalue weighted by Gasteiger charge is 2.13. The molecule has 0 aliphatic carbocycles. The van der Waals surface area contributed by atoms with E-state index in [2.05, 4.69) is 31.1 Å². The van der Waals surface area contributed by atoms with Crippen LogP contribution in [0.4, 0.5) is 5.69 Å². The normalized spacial score (nSPS) is 10.7. The van der Waals surface area contributed by atoms with Crippen molar-refractivity contribution in [3.05, 3.63) is 46.6 Å². The number of benzene rings is 1. The molecular formula is C14H11BrN4O. The average molecular weight is 331 g/mol. The maximum absolute atomic E-state index is 5.79. The summed E-state index contributed by atoms with van der Waals surface area (Å²) < 4.78 is 6.20. The van der Waals surface area contributed by atoms with E-state index in [0.29, 0.717) is 23.1 Å². The Bertz CT molecular complexity index is 752. The standard InChI is InChI=1S/C14H11BrN4O/c1-8-2-4-10(16)6-11(8)14-18-13(19-20-14)12-5-3-9(15)7-17-12/h2-7H,16H2,1H3. The van der Waals surface area contributed by atoms with Crippen molar-refractivity contribution in [1.29, 1.82) is 0 Å². The average Bonchev–Trinajstić information content (AvgIpc) is 2.92. The summed E-state index contributed by atoms with van der Waals surface area (Å²) in [5.74, 6) is 0.892. The number of aryl methyl sites for hydroxylation is 1.